The zero-order valence-corrected chi connectivity index (χ0v) is 14.1. The Kier molecular flexibility index (Phi) is 9.20. The fraction of sp³-hybridized carbons (Fsp3) is 0.400. The molecule has 0 saturated heterocycles. The fourth-order valence-electron chi connectivity index (χ4n) is 2.30. The minimum atomic E-state index is 0.293. The fourth-order valence-corrected chi connectivity index (χ4v) is 2.30. The Morgan fingerprint density at radius 3 is 1.38 bits per heavy atom. The van der Waals surface area contributed by atoms with Gasteiger partial charge in [-0.2, -0.15) is 0 Å². The van der Waals surface area contributed by atoms with E-state index in [1.54, 1.807) is 12.5 Å². The van der Waals surface area contributed by atoms with E-state index in [1.807, 2.05) is 26.0 Å². The lowest BCUT2D eigenvalue weighted by Crippen LogP contribution is -2.03. The van der Waals surface area contributed by atoms with Crippen LogP contribution >= 0.6 is 0 Å². The van der Waals surface area contributed by atoms with Gasteiger partial charge in [0.05, 0.1) is 12.5 Å². The average molecular weight is 286 g/mol. The van der Waals surface area contributed by atoms with Gasteiger partial charge >= 0.3 is 0 Å². The quantitative estimate of drug-likeness (QED) is 0.336. The van der Waals surface area contributed by atoms with Crippen molar-refractivity contribution in [2.45, 2.75) is 40.5 Å². The van der Waals surface area contributed by atoms with E-state index < -0.39 is 0 Å². The molecule has 0 aromatic carbocycles. The maximum atomic E-state index is 5.64. The molecule has 0 rings (SSSR count). The molecule has 0 aromatic heterocycles. The second-order valence-corrected chi connectivity index (χ2v) is 5.71. The molecule has 0 radical (unpaired) electrons. The molecule has 0 heterocycles. The normalized spacial score (nSPS) is 15.0. The predicted molar refractivity (Wildman–Crippen MR) is 94.8 cm³/mol. The lowest BCUT2D eigenvalue weighted by atomic mass is 9.91. The van der Waals surface area contributed by atoms with E-state index in [9.17, 15) is 0 Å². The molecule has 1 heteroatoms. The van der Waals surface area contributed by atoms with Crippen LogP contribution < -0.4 is 0 Å². The van der Waals surface area contributed by atoms with E-state index in [2.05, 4.69) is 40.2 Å². The van der Waals surface area contributed by atoms with Gasteiger partial charge in [0.1, 0.15) is 0 Å². The van der Waals surface area contributed by atoms with E-state index in [0.717, 1.165) is 35.1 Å². The third-order valence-electron chi connectivity index (χ3n) is 3.60. The summed E-state index contributed by atoms with van der Waals surface area (Å²) >= 11 is 0. The summed E-state index contributed by atoms with van der Waals surface area (Å²) in [5.41, 5.74) is 4.56. The SMILES string of the molecule is C=CCC(C(=C)C)C(C)=COC=C(C)C(CC=C)C(=C)C. The van der Waals surface area contributed by atoms with Crippen LogP contribution in [0.4, 0.5) is 0 Å². The van der Waals surface area contributed by atoms with Crippen molar-refractivity contribution in [1.29, 1.82) is 0 Å². The van der Waals surface area contributed by atoms with Crippen LogP contribution in [0.5, 0.6) is 0 Å². The second kappa shape index (κ2) is 10.0. The summed E-state index contributed by atoms with van der Waals surface area (Å²) in [5, 5.41) is 0. The highest BCUT2D eigenvalue weighted by atomic mass is 16.5. The first kappa shape index (κ1) is 19.2. The minimum Gasteiger partial charge on any atom is -0.473 e. The van der Waals surface area contributed by atoms with Crippen molar-refractivity contribution in [1.82, 2.24) is 0 Å². The van der Waals surface area contributed by atoms with Crippen LogP contribution in [-0.2, 0) is 4.74 Å². The van der Waals surface area contributed by atoms with Gasteiger partial charge in [0.15, 0.2) is 0 Å². The molecule has 0 aliphatic rings. The summed E-state index contributed by atoms with van der Waals surface area (Å²) in [6.45, 7) is 23.9. The molecule has 0 bridgehead atoms. The van der Waals surface area contributed by atoms with Gasteiger partial charge in [-0.1, -0.05) is 36.5 Å². The van der Waals surface area contributed by atoms with Crippen molar-refractivity contribution in [3.63, 3.8) is 0 Å². The number of rotatable bonds is 10. The lowest BCUT2D eigenvalue weighted by molar-refractivity contribution is 0.382. The molecule has 0 amide bonds. The smallest absolute Gasteiger partial charge is 0.0896 e. The maximum Gasteiger partial charge on any atom is 0.0896 e. The van der Waals surface area contributed by atoms with E-state index in [4.69, 9.17) is 4.74 Å². The van der Waals surface area contributed by atoms with Gasteiger partial charge in [-0.25, -0.2) is 0 Å². The average Bonchev–Trinajstić information content (AvgIpc) is 2.40. The molecule has 0 aromatic rings. The van der Waals surface area contributed by atoms with Crippen LogP contribution in [0.3, 0.4) is 0 Å². The van der Waals surface area contributed by atoms with Gasteiger partial charge < -0.3 is 4.74 Å². The third kappa shape index (κ3) is 6.99. The first-order chi connectivity index (χ1) is 9.84. The van der Waals surface area contributed by atoms with Crippen molar-refractivity contribution < 1.29 is 4.74 Å². The maximum absolute atomic E-state index is 5.64. The van der Waals surface area contributed by atoms with Crippen molar-refractivity contribution in [2.75, 3.05) is 0 Å². The molecule has 0 N–H and O–H groups in total. The zero-order chi connectivity index (χ0) is 16.4. The molecular weight excluding hydrogens is 256 g/mol. The van der Waals surface area contributed by atoms with Gasteiger partial charge in [0.2, 0.25) is 0 Å². The van der Waals surface area contributed by atoms with Crippen LogP contribution in [0.2, 0.25) is 0 Å². The van der Waals surface area contributed by atoms with Crippen LogP contribution in [0, 0.1) is 11.8 Å². The largest absolute Gasteiger partial charge is 0.473 e. The molecule has 0 fully saturated rings. The van der Waals surface area contributed by atoms with Crippen molar-refractivity contribution >= 4 is 0 Å². The second-order valence-electron chi connectivity index (χ2n) is 5.71. The molecule has 2 unspecified atom stereocenters. The topological polar surface area (TPSA) is 9.23 Å². The van der Waals surface area contributed by atoms with Crippen LogP contribution in [0.15, 0.2) is 73.3 Å². The molecule has 0 aliphatic carbocycles. The number of hydrogen-bond donors (Lipinski definition) is 0. The Labute approximate surface area is 131 Å². The minimum absolute atomic E-state index is 0.293. The number of ether oxygens (including phenoxy) is 1. The predicted octanol–water partition coefficient (Wildman–Crippen LogP) is 6.35. The molecule has 0 saturated carbocycles. The van der Waals surface area contributed by atoms with Crippen molar-refractivity contribution in [2.24, 2.45) is 11.8 Å². The Morgan fingerprint density at radius 1 is 0.810 bits per heavy atom. The summed E-state index contributed by atoms with van der Waals surface area (Å²) in [4.78, 5) is 0. The first-order valence-corrected chi connectivity index (χ1v) is 7.36. The molecule has 116 valence electrons. The summed E-state index contributed by atoms with van der Waals surface area (Å²) < 4.78 is 5.64. The first-order valence-electron chi connectivity index (χ1n) is 7.36. The van der Waals surface area contributed by atoms with Crippen molar-refractivity contribution in [3.8, 4) is 0 Å². The Bertz CT molecular complexity index is 406. The van der Waals surface area contributed by atoms with Crippen LogP contribution in [0.25, 0.3) is 0 Å². The van der Waals surface area contributed by atoms with E-state index in [-0.39, 0.29) is 0 Å². The number of allylic oxidation sites excluding steroid dienone is 6. The summed E-state index contributed by atoms with van der Waals surface area (Å²) in [6, 6.07) is 0. The zero-order valence-electron chi connectivity index (χ0n) is 14.1. The van der Waals surface area contributed by atoms with Gasteiger partial charge in [0, 0.05) is 11.8 Å². The molecular formula is C20H30O. The highest BCUT2D eigenvalue weighted by Gasteiger charge is 2.11. The highest BCUT2D eigenvalue weighted by Crippen LogP contribution is 2.24. The Balaban J connectivity index is 4.88. The summed E-state index contributed by atoms with van der Waals surface area (Å²) in [5.74, 6) is 0.586. The van der Waals surface area contributed by atoms with Crippen molar-refractivity contribution in [3.05, 3.63) is 73.3 Å². The van der Waals surface area contributed by atoms with Gasteiger partial charge in [-0.15, -0.1) is 13.2 Å². The monoisotopic (exact) mass is 286 g/mol. The molecule has 0 aliphatic heterocycles. The van der Waals surface area contributed by atoms with E-state index >= 15 is 0 Å². The molecule has 2 atom stereocenters. The third-order valence-corrected chi connectivity index (χ3v) is 3.60. The van der Waals surface area contributed by atoms with Gasteiger partial charge in [-0.3, -0.25) is 0 Å². The molecule has 1 nitrogen and oxygen atoms in total. The standard InChI is InChI=1S/C20H30O/c1-9-11-19(15(3)4)17(7)13-21-14-18(8)20(12-10-2)16(5)6/h9-10,13-14,19-20H,1-3,5,11-12H2,4,6-8H3. The van der Waals surface area contributed by atoms with Gasteiger partial charge in [0.25, 0.3) is 0 Å². The lowest BCUT2D eigenvalue weighted by Gasteiger charge is -2.17. The molecule has 0 spiro atoms. The van der Waals surface area contributed by atoms with Gasteiger partial charge in [-0.05, 0) is 51.7 Å². The Hall–Kier alpha value is -1.76. The molecule has 21 heavy (non-hydrogen) atoms. The summed E-state index contributed by atoms with van der Waals surface area (Å²) in [7, 11) is 0. The number of hydrogen-bond acceptors (Lipinski definition) is 1. The van der Waals surface area contributed by atoms with Crippen LogP contribution in [0.1, 0.15) is 40.5 Å². The van der Waals surface area contributed by atoms with E-state index in [0.29, 0.717) is 11.8 Å². The summed E-state index contributed by atoms with van der Waals surface area (Å²) in [6.07, 6.45) is 9.20. The highest BCUT2D eigenvalue weighted by molar-refractivity contribution is 5.18. The van der Waals surface area contributed by atoms with Crippen LogP contribution in [-0.4, -0.2) is 0 Å². The van der Waals surface area contributed by atoms with E-state index in [1.165, 1.54) is 0 Å². The Morgan fingerprint density at radius 2 is 1.14 bits per heavy atom.